The molecule has 2 N–H and O–H groups in total. The number of phenolic OH excluding ortho intramolecular Hbond substituents is 1. The van der Waals surface area contributed by atoms with E-state index in [0.29, 0.717) is 30.3 Å². The van der Waals surface area contributed by atoms with Gasteiger partial charge < -0.3 is 24.8 Å². The van der Waals surface area contributed by atoms with Crippen molar-refractivity contribution in [3.63, 3.8) is 0 Å². The van der Waals surface area contributed by atoms with Gasteiger partial charge in [-0.1, -0.05) is 36.4 Å². The van der Waals surface area contributed by atoms with Crippen LogP contribution in [0.25, 0.3) is 10.8 Å². The normalized spacial score (nSPS) is 15.5. The molecule has 178 valence electrons. The van der Waals surface area contributed by atoms with E-state index in [1.165, 1.54) is 24.1 Å². The van der Waals surface area contributed by atoms with Crippen LogP contribution in [0.1, 0.15) is 28.8 Å². The van der Waals surface area contributed by atoms with E-state index >= 15 is 0 Å². The Balaban J connectivity index is 1.46. The van der Waals surface area contributed by atoms with Crippen molar-refractivity contribution in [2.75, 3.05) is 13.7 Å². The summed E-state index contributed by atoms with van der Waals surface area (Å²) in [4.78, 5) is 27.6. The highest BCUT2D eigenvalue weighted by Gasteiger charge is 2.35. The Hall–Kier alpha value is -3.88. The molecule has 1 atom stereocenters. The minimum atomic E-state index is -2.98. The second-order valence-electron chi connectivity index (χ2n) is 7.92. The number of nitrogens with zero attached hydrogens (tertiary/aromatic N) is 1. The third-order valence-electron chi connectivity index (χ3n) is 5.86. The van der Waals surface area contributed by atoms with Crippen LogP contribution in [0.4, 0.5) is 8.78 Å². The minimum Gasteiger partial charge on any atom is -0.506 e. The van der Waals surface area contributed by atoms with E-state index in [0.717, 1.165) is 5.39 Å². The maximum atomic E-state index is 13.2. The summed E-state index contributed by atoms with van der Waals surface area (Å²) in [6, 6.07) is 14.3. The molecule has 0 aliphatic carbocycles. The van der Waals surface area contributed by atoms with Crippen LogP contribution in [0.5, 0.6) is 17.2 Å². The zero-order chi connectivity index (χ0) is 24.2. The third kappa shape index (κ3) is 4.73. The number of halogens is 2. The molecule has 1 aliphatic rings. The van der Waals surface area contributed by atoms with Gasteiger partial charge in [-0.05, 0) is 42.0 Å². The van der Waals surface area contributed by atoms with Gasteiger partial charge >= 0.3 is 6.61 Å². The van der Waals surface area contributed by atoms with E-state index in [1.54, 1.807) is 30.3 Å². The van der Waals surface area contributed by atoms with E-state index < -0.39 is 18.6 Å². The SMILES string of the molecule is COc1cc(CNC(=O)C2CCCN2C(=O)c2ccc3ccccc3c2O)ccc1OC(F)F. The van der Waals surface area contributed by atoms with Crippen LogP contribution in [0.15, 0.2) is 54.6 Å². The zero-order valence-electron chi connectivity index (χ0n) is 18.5. The highest BCUT2D eigenvalue weighted by molar-refractivity contribution is 6.05. The summed E-state index contributed by atoms with van der Waals surface area (Å²) in [5, 5.41) is 14.8. The number of carbonyl (C=O) groups is 2. The fourth-order valence-electron chi connectivity index (χ4n) is 4.19. The van der Waals surface area contributed by atoms with Crippen molar-refractivity contribution in [3.05, 3.63) is 65.7 Å². The molecule has 0 bridgehead atoms. The van der Waals surface area contributed by atoms with Gasteiger partial charge in [0.2, 0.25) is 5.91 Å². The molecular formula is C25H24F2N2O5. The number of fused-ring (bicyclic) bond motifs is 1. The minimum absolute atomic E-state index is 0.102. The van der Waals surface area contributed by atoms with Gasteiger partial charge in [-0.15, -0.1) is 0 Å². The number of nitrogens with one attached hydrogen (secondary N) is 1. The molecule has 2 amide bonds. The Morgan fingerprint density at radius 2 is 1.94 bits per heavy atom. The van der Waals surface area contributed by atoms with E-state index in [4.69, 9.17) is 4.74 Å². The summed E-state index contributed by atoms with van der Waals surface area (Å²) in [6.07, 6.45) is 1.15. The van der Waals surface area contributed by atoms with Crippen LogP contribution >= 0.6 is 0 Å². The van der Waals surface area contributed by atoms with Crippen molar-refractivity contribution in [1.29, 1.82) is 0 Å². The summed E-state index contributed by atoms with van der Waals surface area (Å²) in [5.41, 5.74) is 0.771. The standard InChI is InChI=1S/C25H24F2N2O5/c1-33-21-13-15(8-11-20(21)34-25(26)27)14-28-23(31)19-7-4-12-29(19)24(32)18-10-9-16-5-2-3-6-17(16)22(18)30/h2-3,5-6,8-11,13,19,25,30H,4,7,12,14H2,1H3,(H,28,31). The molecule has 0 spiro atoms. The topological polar surface area (TPSA) is 88.1 Å². The highest BCUT2D eigenvalue weighted by Crippen LogP contribution is 2.32. The molecule has 4 rings (SSSR count). The quantitative estimate of drug-likeness (QED) is 0.544. The predicted octanol–water partition coefficient (Wildman–Crippen LogP) is 4.08. The molecule has 3 aromatic rings. The first kappa shape index (κ1) is 23.3. The van der Waals surface area contributed by atoms with E-state index in [1.807, 2.05) is 12.1 Å². The number of hydrogen-bond acceptors (Lipinski definition) is 5. The van der Waals surface area contributed by atoms with Crippen molar-refractivity contribution in [2.45, 2.75) is 32.0 Å². The Labute approximate surface area is 194 Å². The molecule has 1 fully saturated rings. The molecule has 7 nitrogen and oxygen atoms in total. The van der Waals surface area contributed by atoms with Gasteiger partial charge in [-0.2, -0.15) is 8.78 Å². The number of ether oxygens (including phenoxy) is 2. The lowest BCUT2D eigenvalue weighted by molar-refractivity contribution is -0.125. The second kappa shape index (κ2) is 9.94. The Bertz CT molecular complexity index is 1220. The summed E-state index contributed by atoms with van der Waals surface area (Å²) in [7, 11) is 1.33. The van der Waals surface area contributed by atoms with Crippen LogP contribution in [0, 0.1) is 0 Å². The fraction of sp³-hybridized carbons (Fsp3) is 0.280. The molecular weight excluding hydrogens is 446 g/mol. The molecule has 1 heterocycles. The van der Waals surface area contributed by atoms with Gasteiger partial charge in [-0.25, -0.2) is 0 Å². The highest BCUT2D eigenvalue weighted by atomic mass is 19.3. The lowest BCUT2D eigenvalue weighted by atomic mass is 10.0. The zero-order valence-corrected chi connectivity index (χ0v) is 18.5. The monoisotopic (exact) mass is 470 g/mol. The van der Waals surface area contributed by atoms with Crippen molar-refractivity contribution in [1.82, 2.24) is 10.2 Å². The number of hydrogen-bond donors (Lipinski definition) is 2. The third-order valence-corrected chi connectivity index (χ3v) is 5.86. The van der Waals surface area contributed by atoms with Crippen molar-refractivity contribution < 1.29 is 33.0 Å². The Kier molecular flexibility index (Phi) is 6.81. The first-order valence-corrected chi connectivity index (χ1v) is 10.8. The smallest absolute Gasteiger partial charge is 0.387 e. The lowest BCUT2D eigenvalue weighted by Crippen LogP contribution is -2.45. The van der Waals surface area contributed by atoms with Gasteiger partial charge in [-0.3, -0.25) is 9.59 Å². The average Bonchev–Trinajstić information content (AvgIpc) is 3.33. The molecule has 1 saturated heterocycles. The van der Waals surface area contributed by atoms with Crippen LogP contribution in [0.2, 0.25) is 0 Å². The number of likely N-dealkylation sites (tertiary alicyclic amines) is 1. The molecule has 0 aromatic heterocycles. The van der Waals surface area contributed by atoms with Gasteiger partial charge in [0, 0.05) is 18.5 Å². The Morgan fingerprint density at radius 1 is 1.15 bits per heavy atom. The molecule has 0 saturated carbocycles. The maximum Gasteiger partial charge on any atom is 0.387 e. The van der Waals surface area contributed by atoms with Gasteiger partial charge in [0.25, 0.3) is 5.91 Å². The number of aromatic hydroxyl groups is 1. The number of alkyl halides is 2. The molecule has 34 heavy (non-hydrogen) atoms. The van der Waals surface area contributed by atoms with E-state index in [9.17, 15) is 23.5 Å². The number of amides is 2. The van der Waals surface area contributed by atoms with Gasteiger partial charge in [0.1, 0.15) is 11.8 Å². The van der Waals surface area contributed by atoms with E-state index in [-0.39, 0.29) is 35.3 Å². The summed E-state index contributed by atoms with van der Waals surface area (Å²) < 4.78 is 34.5. The average molecular weight is 470 g/mol. The molecule has 3 aromatic carbocycles. The first-order chi connectivity index (χ1) is 16.4. The lowest BCUT2D eigenvalue weighted by Gasteiger charge is -2.24. The van der Waals surface area contributed by atoms with E-state index in [2.05, 4.69) is 10.1 Å². The summed E-state index contributed by atoms with van der Waals surface area (Å²) in [6.45, 7) is -2.46. The first-order valence-electron chi connectivity index (χ1n) is 10.8. The van der Waals surface area contributed by atoms with Crippen LogP contribution in [-0.4, -0.2) is 48.1 Å². The molecule has 1 aliphatic heterocycles. The summed E-state index contributed by atoms with van der Waals surface area (Å²) >= 11 is 0. The maximum absolute atomic E-state index is 13.2. The van der Waals surface area contributed by atoms with Crippen molar-refractivity contribution in [2.24, 2.45) is 0 Å². The van der Waals surface area contributed by atoms with Gasteiger partial charge in [0.15, 0.2) is 11.5 Å². The number of carbonyl (C=O) groups excluding carboxylic acids is 2. The number of rotatable bonds is 7. The number of benzene rings is 3. The van der Waals surface area contributed by atoms with Crippen molar-refractivity contribution >= 4 is 22.6 Å². The van der Waals surface area contributed by atoms with Crippen LogP contribution < -0.4 is 14.8 Å². The second-order valence-corrected chi connectivity index (χ2v) is 7.92. The molecule has 1 unspecified atom stereocenters. The van der Waals surface area contributed by atoms with Crippen LogP contribution in [-0.2, 0) is 11.3 Å². The number of methoxy groups -OCH3 is 1. The molecule has 9 heteroatoms. The Morgan fingerprint density at radius 3 is 2.71 bits per heavy atom. The largest absolute Gasteiger partial charge is 0.506 e. The summed E-state index contributed by atoms with van der Waals surface area (Å²) in [5.74, 6) is -0.826. The predicted molar refractivity (Wildman–Crippen MR) is 121 cm³/mol. The molecule has 0 radical (unpaired) electrons. The fourth-order valence-corrected chi connectivity index (χ4v) is 4.19. The van der Waals surface area contributed by atoms with Gasteiger partial charge in [0.05, 0.1) is 12.7 Å². The van der Waals surface area contributed by atoms with Crippen molar-refractivity contribution in [3.8, 4) is 17.2 Å². The van der Waals surface area contributed by atoms with Crippen LogP contribution in [0.3, 0.4) is 0 Å². The number of phenols is 1.